The van der Waals surface area contributed by atoms with Gasteiger partial charge >= 0.3 is 11.7 Å². The van der Waals surface area contributed by atoms with Crippen molar-refractivity contribution in [2.45, 2.75) is 13.0 Å². The Morgan fingerprint density at radius 1 is 1.40 bits per heavy atom. The molecule has 0 radical (unpaired) electrons. The Balaban J connectivity index is 2.45. The van der Waals surface area contributed by atoms with E-state index in [0.717, 1.165) is 11.0 Å². The molecule has 0 atom stereocenters. The second-order valence-electron chi connectivity index (χ2n) is 3.24. The number of nitrogens with one attached hydrogen (secondary N) is 1. The second kappa shape index (κ2) is 3.61. The fourth-order valence-electron chi connectivity index (χ4n) is 1.54. The number of aromatic amines is 1. The van der Waals surface area contributed by atoms with Gasteiger partial charge in [0.25, 0.3) is 0 Å². The third-order valence-electron chi connectivity index (χ3n) is 2.23. The Kier molecular flexibility index (Phi) is 2.29. The maximum atomic E-state index is 11.5. The number of fused-ring (bicyclic) bond motifs is 1. The summed E-state index contributed by atoms with van der Waals surface area (Å²) >= 11 is 0. The molecule has 0 unspecified atom stereocenters. The molecular weight excluding hydrogens is 196 g/mol. The van der Waals surface area contributed by atoms with Crippen molar-refractivity contribution in [2.24, 2.45) is 0 Å². The number of aromatic nitrogens is 2. The zero-order valence-corrected chi connectivity index (χ0v) is 7.93. The van der Waals surface area contributed by atoms with Crippen LogP contribution in [-0.4, -0.2) is 20.6 Å². The van der Waals surface area contributed by atoms with Crippen molar-refractivity contribution in [1.29, 1.82) is 0 Å². The molecule has 0 saturated carbocycles. The Labute approximate surface area is 85.0 Å². The van der Waals surface area contributed by atoms with E-state index in [4.69, 9.17) is 5.11 Å². The molecule has 15 heavy (non-hydrogen) atoms. The van der Waals surface area contributed by atoms with Gasteiger partial charge in [0.2, 0.25) is 0 Å². The predicted octanol–water partition coefficient (Wildman–Crippen LogP) is 0.804. The normalized spacial score (nSPS) is 10.7. The monoisotopic (exact) mass is 206 g/mol. The maximum Gasteiger partial charge on any atom is 0.326 e. The highest BCUT2D eigenvalue weighted by molar-refractivity contribution is 5.75. The number of aryl methyl sites for hydroxylation is 1. The molecule has 0 fully saturated rings. The minimum atomic E-state index is -0.910. The van der Waals surface area contributed by atoms with E-state index in [-0.39, 0.29) is 18.7 Å². The summed E-state index contributed by atoms with van der Waals surface area (Å²) in [7, 11) is 0. The summed E-state index contributed by atoms with van der Waals surface area (Å²) in [6, 6.07) is 7.20. The largest absolute Gasteiger partial charge is 0.481 e. The third-order valence-corrected chi connectivity index (χ3v) is 2.23. The summed E-state index contributed by atoms with van der Waals surface area (Å²) < 4.78 is 1.43. The number of carboxylic acids is 1. The number of hydrogen-bond donors (Lipinski definition) is 2. The van der Waals surface area contributed by atoms with Crippen LogP contribution in [0.25, 0.3) is 11.0 Å². The molecule has 5 nitrogen and oxygen atoms in total. The molecular formula is C10H10N2O3. The first-order chi connectivity index (χ1) is 7.18. The van der Waals surface area contributed by atoms with E-state index in [9.17, 15) is 9.59 Å². The molecule has 0 aliphatic rings. The predicted molar refractivity (Wildman–Crippen MR) is 54.8 cm³/mol. The van der Waals surface area contributed by atoms with Crippen molar-refractivity contribution in [1.82, 2.24) is 9.55 Å². The van der Waals surface area contributed by atoms with Crippen molar-refractivity contribution in [2.75, 3.05) is 0 Å². The smallest absolute Gasteiger partial charge is 0.326 e. The van der Waals surface area contributed by atoms with Gasteiger partial charge in [-0.2, -0.15) is 0 Å². The van der Waals surface area contributed by atoms with Gasteiger partial charge in [-0.15, -0.1) is 0 Å². The number of hydrogen-bond acceptors (Lipinski definition) is 2. The van der Waals surface area contributed by atoms with Gasteiger partial charge in [-0.3, -0.25) is 9.36 Å². The lowest BCUT2D eigenvalue weighted by Gasteiger charge is -1.99. The van der Waals surface area contributed by atoms with Crippen LogP contribution in [0.4, 0.5) is 0 Å². The number of aliphatic carboxylic acids is 1. The quantitative estimate of drug-likeness (QED) is 0.780. The topological polar surface area (TPSA) is 75.1 Å². The highest BCUT2D eigenvalue weighted by Crippen LogP contribution is 2.08. The van der Waals surface area contributed by atoms with E-state index in [2.05, 4.69) is 4.98 Å². The van der Waals surface area contributed by atoms with Crippen LogP contribution < -0.4 is 5.69 Å². The molecule has 0 aliphatic heterocycles. The summed E-state index contributed by atoms with van der Waals surface area (Å²) in [4.78, 5) is 24.5. The molecule has 2 rings (SSSR count). The average molecular weight is 206 g/mol. The van der Waals surface area contributed by atoms with Crippen molar-refractivity contribution in [3.8, 4) is 0 Å². The van der Waals surface area contributed by atoms with E-state index < -0.39 is 5.97 Å². The van der Waals surface area contributed by atoms with Gasteiger partial charge in [-0.25, -0.2) is 4.79 Å². The Morgan fingerprint density at radius 2 is 2.13 bits per heavy atom. The molecule has 5 heteroatoms. The summed E-state index contributed by atoms with van der Waals surface area (Å²) in [6.45, 7) is 0.193. The standard InChI is InChI=1S/C10H10N2O3/c13-9(14)5-6-12-8-4-2-1-3-7(8)11-10(12)15/h1-4H,5-6H2,(H,11,15)(H,13,14). The number of H-pyrrole nitrogens is 1. The van der Waals surface area contributed by atoms with E-state index in [1.807, 2.05) is 12.1 Å². The molecule has 0 amide bonds. The van der Waals surface area contributed by atoms with Gasteiger partial charge in [0.1, 0.15) is 0 Å². The zero-order valence-electron chi connectivity index (χ0n) is 7.93. The van der Waals surface area contributed by atoms with Crippen LogP contribution in [0.15, 0.2) is 29.1 Å². The third kappa shape index (κ3) is 1.76. The first kappa shape index (κ1) is 9.51. The maximum absolute atomic E-state index is 11.5. The molecule has 2 N–H and O–H groups in total. The minimum absolute atomic E-state index is 0.0538. The summed E-state index contributed by atoms with van der Waals surface area (Å²) in [5.74, 6) is -0.910. The Morgan fingerprint density at radius 3 is 2.87 bits per heavy atom. The van der Waals surface area contributed by atoms with Crippen LogP contribution in [-0.2, 0) is 11.3 Å². The van der Waals surface area contributed by atoms with Gasteiger partial charge in [0.15, 0.2) is 0 Å². The Hall–Kier alpha value is -2.04. The van der Waals surface area contributed by atoms with Crippen molar-refractivity contribution in [3.05, 3.63) is 34.7 Å². The van der Waals surface area contributed by atoms with Gasteiger partial charge < -0.3 is 10.1 Å². The Bertz CT molecular complexity index is 553. The lowest BCUT2D eigenvalue weighted by molar-refractivity contribution is -0.137. The molecule has 0 saturated heterocycles. The summed E-state index contributed by atoms with van der Waals surface area (Å²) in [5.41, 5.74) is 1.20. The summed E-state index contributed by atoms with van der Waals surface area (Å²) in [5, 5.41) is 8.55. The van der Waals surface area contributed by atoms with Gasteiger partial charge in [-0.05, 0) is 12.1 Å². The fraction of sp³-hybridized carbons (Fsp3) is 0.200. The summed E-state index contributed by atoms with van der Waals surface area (Å²) in [6.07, 6.45) is -0.0538. The average Bonchev–Trinajstić information content (AvgIpc) is 2.50. The number of carboxylic acid groups (broad SMARTS) is 1. The van der Waals surface area contributed by atoms with Crippen LogP contribution in [0.2, 0.25) is 0 Å². The van der Waals surface area contributed by atoms with E-state index >= 15 is 0 Å². The van der Waals surface area contributed by atoms with Crippen LogP contribution in [0.5, 0.6) is 0 Å². The molecule has 0 aliphatic carbocycles. The first-order valence-electron chi connectivity index (χ1n) is 4.58. The van der Waals surface area contributed by atoms with Crippen molar-refractivity contribution >= 4 is 17.0 Å². The second-order valence-corrected chi connectivity index (χ2v) is 3.24. The number of nitrogens with zero attached hydrogens (tertiary/aromatic N) is 1. The molecule has 1 aromatic heterocycles. The van der Waals surface area contributed by atoms with Crippen LogP contribution >= 0.6 is 0 Å². The minimum Gasteiger partial charge on any atom is -0.481 e. The molecule has 0 bridgehead atoms. The SMILES string of the molecule is O=C(O)CCn1c(=O)[nH]c2ccccc21. The molecule has 0 spiro atoms. The van der Waals surface area contributed by atoms with Gasteiger partial charge in [0, 0.05) is 6.54 Å². The van der Waals surface area contributed by atoms with E-state index in [0.29, 0.717) is 0 Å². The highest BCUT2D eigenvalue weighted by Gasteiger charge is 2.06. The molecule has 2 aromatic rings. The number of para-hydroxylation sites is 2. The first-order valence-corrected chi connectivity index (χ1v) is 4.58. The lowest BCUT2D eigenvalue weighted by Crippen LogP contribution is -2.18. The zero-order chi connectivity index (χ0) is 10.8. The van der Waals surface area contributed by atoms with Crippen LogP contribution in [0.1, 0.15) is 6.42 Å². The van der Waals surface area contributed by atoms with Gasteiger partial charge in [0.05, 0.1) is 17.5 Å². The van der Waals surface area contributed by atoms with Crippen molar-refractivity contribution in [3.63, 3.8) is 0 Å². The fourth-order valence-corrected chi connectivity index (χ4v) is 1.54. The van der Waals surface area contributed by atoms with Crippen LogP contribution in [0.3, 0.4) is 0 Å². The van der Waals surface area contributed by atoms with Gasteiger partial charge in [-0.1, -0.05) is 12.1 Å². The molecule has 78 valence electrons. The lowest BCUT2D eigenvalue weighted by atomic mass is 10.3. The van der Waals surface area contributed by atoms with E-state index in [1.54, 1.807) is 12.1 Å². The number of imidazole rings is 1. The number of carbonyl (C=O) groups is 1. The number of rotatable bonds is 3. The molecule has 1 aromatic carbocycles. The van der Waals surface area contributed by atoms with Crippen LogP contribution in [0, 0.1) is 0 Å². The highest BCUT2D eigenvalue weighted by atomic mass is 16.4. The van der Waals surface area contributed by atoms with Crippen molar-refractivity contribution < 1.29 is 9.90 Å². The van der Waals surface area contributed by atoms with E-state index in [1.165, 1.54) is 4.57 Å². The number of benzene rings is 1. The molecule has 1 heterocycles.